The van der Waals surface area contributed by atoms with Gasteiger partial charge in [0, 0.05) is 12.6 Å². The smallest absolute Gasteiger partial charge is 0.375 e. The molecule has 0 aromatic rings. The zero-order valence-electron chi connectivity index (χ0n) is 7.10. The van der Waals surface area contributed by atoms with Crippen LogP contribution in [0.5, 0.6) is 0 Å². The fourth-order valence-electron chi connectivity index (χ4n) is 0.859. The summed E-state index contributed by atoms with van der Waals surface area (Å²) in [6.45, 7) is 3.12. The lowest BCUT2D eigenvalue weighted by Gasteiger charge is -2.28. The highest BCUT2D eigenvalue weighted by Gasteiger charge is 2.33. The van der Waals surface area contributed by atoms with Gasteiger partial charge >= 0.3 is 10.3 Å². The number of nitrogens with zero attached hydrogens (tertiary/aromatic N) is 1. The molecule has 70 valence electrons. The van der Waals surface area contributed by atoms with E-state index >= 15 is 0 Å². The Balaban J connectivity index is 3.17. The van der Waals surface area contributed by atoms with Gasteiger partial charge in [-0.3, -0.25) is 0 Å². The molecule has 0 bridgehead atoms. The van der Waals surface area contributed by atoms with Crippen LogP contribution in [0.3, 0.4) is 0 Å². The number of allylic oxidation sites excluding steroid dienone is 1. The second-order valence-corrected chi connectivity index (χ2v) is 4.27. The summed E-state index contributed by atoms with van der Waals surface area (Å²) in [7, 11) is -2.51. The average molecular weight is 193 g/mol. The normalized spacial score (nSPS) is 30.2. The van der Waals surface area contributed by atoms with Crippen LogP contribution in [0.1, 0.15) is 13.8 Å². The molecule has 0 spiro atoms. The standard InChI is InChI=1S/C6H11NO4S/c1-4-5(2)11-12(9,10)7(3)6(4)8/h6,8H,1-3H3. The third kappa shape index (κ3) is 1.33. The third-order valence-corrected chi connectivity index (χ3v) is 3.24. The molecule has 1 atom stereocenters. The Hall–Kier alpha value is -0.590. The molecule has 0 fully saturated rings. The van der Waals surface area contributed by atoms with E-state index in [1.165, 1.54) is 14.0 Å². The molecule has 1 rings (SSSR count). The van der Waals surface area contributed by atoms with Gasteiger partial charge < -0.3 is 9.29 Å². The second kappa shape index (κ2) is 2.72. The summed E-state index contributed by atoms with van der Waals surface area (Å²) in [4.78, 5) is 0. The fourth-order valence-corrected chi connectivity index (χ4v) is 1.83. The van der Waals surface area contributed by atoms with Crippen LogP contribution < -0.4 is 0 Å². The maximum atomic E-state index is 11.1. The first kappa shape index (κ1) is 9.50. The van der Waals surface area contributed by atoms with Gasteiger partial charge in [0.15, 0.2) is 0 Å². The van der Waals surface area contributed by atoms with Crippen molar-refractivity contribution in [3.63, 3.8) is 0 Å². The predicted molar refractivity (Wildman–Crippen MR) is 42.1 cm³/mol. The van der Waals surface area contributed by atoms with Crippen LogP contribution in [0.4, 0.5) is 0 Å². The Bertz CT molecular complexity index is 318. The van der Waals surface area contributed by atoms with E-state index in [4.69, 9.17) is 0 Å². The van der Waals surface area contributed by atoms with Gasteiger partial charge in [0.2, 0.25) is 0 Å². The summed E-state index contributed by atoms with van der Waals surface area (Å²) >= 11 is 0. The van der Waals surface area contributed by atoms with Gasteiger partial charge in [-0.25, -0.2) is 0 Å². The molecule has 12 heavy (non-hydrogen) atoms. The van der Waals surface area contributed by atoms with Gasteiger partial charge in [-0.1, -0.05) is 0 Å². The topological polar surface area (TPSA) is 66.8 Å². The molecule has 5 nitrogen and oxygen atoms in total. The summed E-state index contributed by atoms with van der Waals surface area (Å²) in [6, 6.07) is 0. The molecule has 0 saturated heterocycles. The first-order valence-corrected chi connectivity index (χ1v) is 4.75. The number of rotatable bonds is 0. The lowest BCUT2D eigenvalue weighted by molar-refractivity contribution is 0.0869. The van der Waals surface area contributed by atoms with Crippen molar-refractivity contribution in [1.29, 1.82) is 0 Å². The van der Waals surface area contributed by atoms with Crippen molar-refractivity contribution in [2.45, 2.75) is 20.1 Å². The Morgan fingerprint density at radius 1 is 1.50 bits per heavy atom. The Kier molecular flexibility index (Phi) is 2.15. The van der Waals surface area contributed by atoms with Gasteiger partial charge in [-0.2, -0.15) is 8.42 Å². The van der Waals surface area contributed by atoms with Crippen LogP contribution in [0.25, 0.3) is 0 Å². The molecule has 1 heterocycles. The highest BCUT2D eigenvalue weighted by molar-refractivity contribution is 7.84. The van der Waals surface area contributed by atoms with Crippen LogP contribution in [0.15, 0.2) is 11.3 Å². The minimum Gasteiger partial charge on any atom is -0.375 e. The summed E-state index contributed by atoms with van der Waals surface area (Å²) in [5, 5.41) is 9.36. The van der Waals surface area contributed by atoms with Crippen LogP contribution >= 0.6 is 0 Å². The zero-order chi connectivity index (χ0) is 9.52. The summed E-state index contributed by atoms with van der Waals surface area (Å²) < 4.78 is 27.5. The maximum absolute atomic E-state index is 11.1. The largest absolute Gasteiger partial charge is 0.387 e. The third-order valence-electron chi connectivity index (χ3n) is 1.87. The minimum absolute atomic E-state index is 0.237. The highest BCUT2D eigenvalue weighted by atomic mass is 32.2. The van der Waals surface area contributed by atoms with Crippen LogP contribution in [0, 0.1) is 0 Å². The van der Waals surface area contributed by atoms with E-state index < -0.39 is 16.5 Å². The van der Waals surface area contributed by atoms with Crippen molar-refractivity contribution in [3.05, 3.63) is 11.3 Å². The van der Waals surface area contributed by atoms with E-state index in [1.54, 1.807) is 6.92 Å². The SMILES string of the molecule is CC1=C(C)C(O)N(C)S(=O)(=O)O1. The quantitative estimate of drug-likeness (QED) is 0.579. The molecule has 6 heteroatoms. The highest BCUT2D eigenvalue weighted by Crippen LogP contribution is 2.23. The first-order chi connectivity index (χ1) is 5.36. The van der Waals surface area contributed by atoms with E-state index in [0.717, 1.165) is 4.31 Å². The Morgan fingerprint density at radius 3 is 2.50 bits per heavy atom. The van der Waals surface area contributed by atoms with Crippen LogP contribution in [-0.2, 0) is 14.5 Å². The molecule has 0 amide bonds. The summed E-state index contributed by atoms with van der Waals surface area (Å²) in [5.41, 5.74) is 0.507. The molecule has 0 aromatic heterocycles. The van der Waals surface area contributed by atoms with Gasteiger partial charge in [0.05, 0.1) is 0 Å². The second-order valence-electron chi connectivity index (χ2n) is 2.67. The predicted octanol–water partition coefficient (Wildman–Crippen LogP) is -0.195. The van der Waals surface area contributed by atoms with E-state index in [1.807, 2.05) is 0 Å². The van der Waals surface area contributed by atoms with E-state index in [2.05, 4.69) is 4.18 Å². The molecule has 1 aliphatic rings. The molecule has 1 N–H and O–H groups in total. The monoisotopic (exact) mass is 193 g/mol. The van der Waals surface area contributed by atoms with E-state index in [9.17, 15) is 13.5 Å². The first-order valence-electron chi connectivity index (χ1n) is 3.39. The molecule has 0 saturated carbocycles. The van der Waals surface area contributed by atoms with Crippen molar-refractivity contribution in [3.8, 4) is 0 Å². The maximum Gasteiger partial charge on any atom is 0.387 e. The number of hydrogen-bond donors (Lipinski definition) is 1. The van der Waals surface area contributed by atoms with Crippen molar-refractivity contribution in [1.82, 2.24) is 4.31 Å². The minimum atomic E-state index is -3.77. The molecule has 1 aliphatic heterocycles. The van der Waals surface area contributed by atoms with Crippen molar-refractivity contribution >= 4 is 10.3 Å². The lowest BCUT2D eigenvalue weighted by Crippen LogP contribution is -2.42. The molecule has 1 unspecified atom stereocenters. The Morgan fingerprint density at radius 2 is 2.00 bits per heavy atom. The molecule has 0 radical (unpaired) electrons. The van der Waals surface area contributed by atoms with Crippen LogP contribution in [0.2, 0.25) is 0 Å². The number of aliphatic hydroxyl groups excluding tert-OH is 1. The average Bonchev–Trinajstić information content (AvgIpc) is 1.97. The molecular formula is C6H11NO4S. The van der Waals surface area contributed by atoms with Gasteiger partial charge in [-0.05, 0) is 13.8 Å². The Labute approximate surface area is 71.5 Å². The summed E-state index contributed by atoms with van der Waals surface area (Å²) in [5.74, 6) is 0.237. The number of hydrogen-bond acceptors (Lipinski definition) is 4. The molecule has 0 aromatic carbocycles. The number of aliphatic hydroxyl groups is 1. The van der Waals surface area contributed by atoms with Crippen molar-refractivity contribution in [2.75, 3.05) is 7.05 Å². The van der Waals surface area contributed by atoms with E-state index in [-0.39, 0.29) is 5.76 Å². The molecule has 0 aliphatic carbocycles. The number of likely N-dealkylation sites (N-methyl/N-ethyl adjacent to an activating group) is 1. The van der Waals surface area contributed by atoms with Crippen molar-refractivity contribution < 1.29 is 17.7 Å². The van der Waals surface area contributed by atoms with Crippen molar-refractivity contribution in [2.24, 2.45) is 0 Å². The summed E-state index contributed by atoms with van der Waals surface area (Å²) in [6.07, 6.45) is -1.11. The van der Waals surface area contributed by atoms with Gasteiger partial charge in [0.1, 0.15) is 12.0 Å². The van der Waals surface area contributed by atoms with Gasteiger partial charge in [0.25, 0.3) is 0 Å². The van der Waals surface area contributed by atoms with Crippen LogP contribution in [-0.4, -0.2) is 31.1 Å². The fraction of sp³-hybridized carbons (Fsp3) is 0.667. The lowest BCUT2D eigenvalue weighted by atomic mass is 10.2. The van der Waals surface area contributed by atoms with Gasteiger partial charge in [-0.15, -0.1) is 4.31 Å². The van der Waals surface area contributed by atoms with E-state index in [0.29, 0.717) is 5.57 Å². The molecular weight excluding hydrogens is 182 g/mol. The zero-order valence-corrected chi connectivity index (χ0v) is 7.92.